The van der Waals surface area contributed by atoms with Crippen LogP contribution in [0.5, 0.6) is 0 Å². The Balaban J connectivity index is 2.81. The van der Waals surface area contributed by atoms with Gasteiger partial charge in [0.1, 0.15) is 21.5 Å². The smallest absolute Gasteiger partial charge is 0.164 e. The molecule has 0 saturated heterocycles. The van der Waals surface area contributed by atoms with Gasteiger partial charge in [0.2, 0.25) is 0 Å². The standard InChI is InChI=1S/C10H10F2O3S/c1-16(14,15)3-2-10(13)7-4-8(11)6-9(12)5-7/h4-6H,2-3H2,1H3. The molecule has 0 radical (unpaired) electrons. The number of carbonyl (C=O) groups excluding carboxylic acids is 1. The van der Waals surface area contributed by atoms with E-state index in [0.29, 0.717) is 6.07 Å². The molecular formula is C10H10F2O3S. The maximum atomic E-state index is 12.8. The number of hydrogen-bond donors (Lipinski definition) is 0. The van der Waals surface area contributed by atoms with Crippen LogP contribution in [0.15, 0.2) is 18.2 Å². The minimum atomic E-state index is -3.26. The molecule has 1 rings (SSSR count). The van der Waals surface area contributed by atoms with E-state index < -0.39 is 27.3 Å². The molecule has 0 aromatic heterocycles. The fourth-order valence-electron chi connectivity index (χ4n) is 1.14. The van der Waals surface area contributed by atoms with Crippen molar-refractivity contribution in [3.05, 3.63) is 35.4 Å². The number of benzene rings is 1. The molecule has 0 amide bonds. The fourth-order valence-corrected chi connectivity index (χ4v) is 1.69. The molecule has 1 aromatic rings. The third-order valence-corrected chi connectivity index (χ3v) is 2.83. The maximum Gasteiger partial charge on any atom is 0.164 e. The summed E-state index contributed by atoms with van der Waals surface area (Å²) >= 11 is 0. The molecule has 0 saturated carbocycles. The van der Waals surface area contributed by atoms with Gasteiger partial charge in [0.15, 0.2) is 5.78 Å². The first-order valence-electron chi connectivity index (χ1n) is 4.45. The highest BCUT2D eigenvalue weighted by Gasteiger charge is 2.12. The molecule has 0 atom stereocenters. The quantitative estimate of drug-likeness (QED) is 0.760. The second kappa shape index (κ2) is 4.69. The molecular weight excluding hydrogens is 238 g/mol. The molecule has 0 aliphatic rings. The number of carbonyl (C=O) groups is 1. The Morgan fingerprint density at radius 3 is 2.12 bits per heavy atom. The van der Waals surface area contributed by atoms with Crippen molar-refractivity contribution in [1.82, 2.24) is 0 Å². The highest BCUT2D eigenvalue weighted by atomic mass is 32.2. The highest BCUT2D eigenvalue weighted by Crippen LogP contribution is 2.10. The summed E-state index contributed by atoms with van der Waals surface area (Å²) in [4.78, 5) is 11.4. The molecule has 0 aliphatic heterocycles. The van der Waals surface area contributed by atoms with Gasteiger partial charge in [-0.1, -0.05) is 0 Å². The minimum Gasteiger partial charge on any atom is -0.294 e. The van der Waals surface area contributed by atoms with Crippen LogP contribution in [0.3, 0.4) is 0 Å². The lowest BCUT2D eigenvalue weighted by atomic mass is 10.1. The molecule has 3 nitrogen and oxygen atoms in total. The van der Waals surface area contributed by atoms with Gasteiger partial charge in [-0.25, -0.2) is 17.2 Å². The van der Waals surface area contributed by atoms with Crippen LogP contribution < -0.4 is 0 Å². The van der Waals surface area contributed by atoms with Crippen LogP contribution in [0, 0.1) is 11.6 Å². The van der Waals surface area contributed by atoms with Crippen molar-refractivity contribution >= 4 is 15.6 Å². The Morgan fingerprint density at radius 1 is 1.19 bits per heavy atom. The van der Waals surface area contributed by atoms with Crippen LogP contribution in [0.2, 0.25) is 0 Å². The van der Waals surface area contributed by atoms with E-state index in [4.69, 9.17) is 0 Å². The van der Waals surface area contributed by atoms with Crippen molar-refractivity contribution in [1.29, 1.82) is 0 Å². The monoisotopic (exact) mass is 248 g/mol. The van der Waals surface area contributed by atoms with Crippen molar-refractivity contribution in [2.45, 2.75) is 6.42 Å². The lowest BCUT2D eigenvalue weighted by Gasteiger charge is -2.01. The highest BCUT2D eigenvalue weighted by molar-refractivity contribution is 7.90. The molecule has 0 fully saturated rings. The van der Waals surface area contributed by atoms with E-state index in [0.717, 1.165) is 18.4 Å². The normalized spacial score (nSPS) is 11.4. The van der Waals surface area contributed by atoms with Crippen LogP contribution in [0.25, 0.3) is 0 Å². The maximum absolute atomic E-state index is 12.8. The Morgan fingerprint density at radius 2 is 1.69 bits per heavy atom. The van der Waals surface area contributed by atoms with E-state index in [1.54, 1.807) is 0 Å². The summed E-state index contributed by atoms with van der Waals surface area (Å²) in [7, 11) is -3.26. The van der Waals surface area contributed by atoms with Gasteiger partial charge < -0.3 is 0 Å². The summed E-state index contributed by atoms with van der Waals surface area (Å²) < 4.78 is 47.1. The van der Waals surface area contributed by atoms with E-state index in [-0.39, 0.29) is 17.7 Å². The SMILES string of the molecule is CS(=O)(=O)CCC(=O)c1cc(F)cc(F)c1. The summed E-state index contributed by atoms with van der Waals surface area (Å²) in [6, 6.07) is 2.41. The molecule has 0 N–H and O–H groups in total. The van der Waals surface area contributed by atoms with E-state index in [1.165, 1.54) is 0 Å². The molecule has 0 heterocycles. The zero-order valence-corrected chi connectivity index (χ0v) is 9.35. The molecule has 0 aliphatic carbocycles. The molecule has 1 aromatic carbocycles. The van der Waals surface area contributed by atoms with Crippen LogP contribution in [0.4, 0.5) is 8.78 Å². The predicted molar refractivity (Wildman–Crippen MR) is 55.0 cm³/mol. The average Bonchev–Trinajstić information content (AvgIpc) is 2.11. The zero-order chi connectivity index (χ0) is 12.3. The van der Waals surface area contributed by atoms with Crippen molar-refractivity contribution in [3.63, 3.8) is 0 Å². The lowest BCUT2D eigenvalue weighted by Crippen LogP contribution is -2.10. The van der Waals surface area contributed by atoms with Gasteiger partial charge >= 0.3 is 0 Å². The summed E-state index contributed by atoms with van der Waals surface area (Å²) in [6.45, 7) is 0. The number of halogens is 2. The molecule has 88 valence electrons. The molecule has 0 bridgehead atoms. The Kier molecular flexibility index (Phi) is 3.74. The second-order valence-electron chi connectivity index (χ2n) is 3.46. The fraction of sp³-hybridized carbons (Fsp3) is 0.300. The van der Waals surface area contributed by atoms with Crippen LogP contribution in [-0.4, -0.2) is 26.2 Å². The van der Waals surface area contributed by atoms with E-state index >= 15 is 0 Å². The number of sulfone groups is 1. The third kappa shape index (κ3) is 4.06. The Labute approximate surface area is 92.0 Å². The first kappa shape index (κ1) is 12.8. The second-order valence-corrected chi connectivity index (χ2v) is 5.72. The average molecular weight is 248 g/mol. The molecule has 6 heteroatoms. The van der Waals surface area contributed by atoms with Gasteiger partial charge in [-0.05, 0) is 12.1 Å². The van der Waals surface area contributed by atoms with Gasteiger partial charge in [-0.2, -0.15) is 0 Å². The van der Waals surface area contributed by atoms with Gasteiger partial charge in [-0.3, -0.25) is 4.79 Å². The van der Waals surface area contributed by atoms with Gasteiger partial charge in [0.25, 0.3) is 0 Å². The van der Waals surface area contributed by atoms with Crippen LogP contribution >= 0.6 is 0 Å². The summed E-state index contributed by atoms with van der Waals surface area (Å²) in [5.41, 5.74) is -0.152. The number of ketones is 1. The van der Waals surface area contributed by atoms with E-state index in [2.05, 4.69) is 0 Å². The topological polar surface area (TPSA) is 51.2 Å². The van der Waals surface area contributed by atoms with Crippen LogP contribution in [-0.2, 0) is 9.84 Å². The summed E-state index contributed by atoms with van der Waals surface area (Å²) in [5, 5.41) is 0. The predicted octanol–water partition coefficient (Wildman–Crippen LogP) is 1.58. The Bertz CT molecular complexity index is 489. The van der Waals surface area contributed by atoms with Crippen LogP contribution in [0.1, 0.15) is 16.8 Å². The summed E-state index contributed by atoms with van der Waals surface area (Å²) in [5.74, 6) is -2.64. The minimum absolute atomic E-state index is 0.152. The van der Waals surface area contributed by atoms with E-state index in [9.17, 15) is 22.0 Å². The molecule has 0 unspecified atom stereocenters. The zero-order valence-electron chi connectivity index (χ0n) is 8.54. The Hall–Kier alpha value is -1.30. The number of hydrogen-bond acceptors (Lipinski definition) is 3. The largest absolute Gasteiger partial charge is 0.294 e. The van der Waals surface area contributed by atoms with Crippen molar-refractivity contribution < 1.29 is 22.0 Å². The lowest BCUT2D eigenvalue weighted by molar-refractivity contribution is 0.0988. The van der Waals surface area contributed by atoms with E-state index in [1.807, 2.05) is 0 Å². The van der Waals surface area contributed by atoms with Gasteiger partial charge in [-0.15, -0.1) is 0 Å². The summed E-state index contributed by atoms with van der Waals surface area (Å²) in [6.07, 6.45) is 0.716. The molecule has 16 heavy (non-hydrogen) atoms. The first-order chi connectivity index (χ1) is 7.28. The van der Waals surface area contributed by atoms with Gasteiger partial charge in [0.05, 0.1) is 5.75 Å². The van der Waals surface area contributed by atoms with Gasteiger partial charge in [0, 0.05) is 24.3 Å². The van der Waals surface area contributed by atoms with Crippen molar-refractivity contribution in [2.75, 3.05) is 12.0 Å². The number of rotatable bonds is 4. The van der Waals surface area contributed by atoms with Crippen molar-refractivity contribution in [3.8, 4) is 0 Å². The number of Topliss-reactive ketones (excluding diaryl/α,β-unsaturated/α-hetero) is 1. The third-order valence-electron chi connectivity index (χ3n) is 1.88. The van der Waals surface area contributed by atoms with Crippen molar-refractivity contribution in [2.24, 2.45) is 0 Å². The molecule has 0 spiro atoms. The first-order valence-corrected chi connectivity index (χ1v) is 6.51.